The fourth-order valence-electron chi connectivity index (χ4n) is 15.5. The van der Waals surface area contributed by atoms with Crippen LogP contribution in [0.4, 0.5) is 0 Å². The van der Waals surface area contributed by atoms with Crippen LogP contribution in [0.15, 0.2) is 376 Å². The van der Waals surface area contributed by atoms with Gasteiger partial charge in [0, 0.05) is 105 Å². The van der Waals surface area contributed by atoms with E-state index < -0.39 is 0 Å². The fraction of sp³-hybridized carbons (Fsp3) is 0. The summed E-state index contributed by atoms with van der Waals surface area (Å²) in [5.74, 6) is 2.54. The van der Waals surface area contributed by atoms with Gasteiger partial charge >= 0.3 is 0 Å². The number of nitrogens with zero attached hydrogens (tertiary/aromatic N) is 10. The molecule has 0 saturated heterocycles. The number of rotatable bonds is 11. The third kappa shape index (κ3) is 10.7. The summed E-state index contributed by atoms with van der Waals surface area (Å²) >= 11 is 0. The van der Waals surface area contributed by atoms with Crippen molar-refractivity contribution in [2.75, 3.05) is 0 Å². The summed E-state index contributed by atoms with van der Waals surface area (Å²) < 4.78 is 9.27. The largest absolute Gasteiger partial charge is 0.309 e. The summed E-state index contributed by atoms with van der Waals surface area (Å²) in [6.07, 6.45) is 3.80. The van der Waals surface area contributed by atoms with Crippen molar-refractivity contribution in [1.82, 2.24) is 48.2 Å². The number of para-hydroxylation sites is 7. The van der Waals surface area contributed by atoms with Crippen molar-refractivity contribution < 1.29 is 0 Å². The Balaban J connectivity index is 0.000000151. The standard InChI is InChI=1S/C57H36N6.C39H26N4/c1-7-19-49-43(13-1)44-14-2-8-20-50(44)61(49)40-31-25-37(26-32-40)55-58-56(38-27-33-41(34-28-38)62-51-21-9-3-15-45(51)46-16-4-10-22-52(46)62)60-57(59-55)39-29-35-42(36-30-39)63-53-23-11-5-17-47(53)48-18-6-12-24-54(48)63;1-3-10-28(11-4-1)35-25-36(29-12-5-2-6-13-29)42-39(41-35)31-15-9-14-30(24-31)27-18-20-32(21-19-27)43-37-17-8-7-16-33(37)34-22-23-40-26-38(34)43/h1-36H;1-26H. The van der Waals surface area contributed by atoms with Crippen LogP contribution in [0.3, 0.4) is 0 Å². The normalized spacial score (nSPS) is 11.6. The monoisotopic (exact) mass is 1350 g/mol. The van der Waals surface area contributed by atoms with Gasteiger partial charge in [0.05, 0.1) is 61.7 Å². The first-order valence-electron chi connectivity index (χ1n) is 35.6. The van der Waals surface area contributed by atoms with Gasteiger partial charge in [-0.1, -0.05) is 218 Å². The van der Waals surface area contributed by atoms with Crippen LogP contribution in [0.25, 0.3) is 189 Å². The Bertz CT molecular complexity index is 6220. The second kappa shape index (κ2) is 25.8. The Morgan fingerprint density at radius 1 is 0.170 bits per heavy atom. The van der Waals surface area contributed by atoms with E-state index in [0.717, 1.165) is 84.2 Å². The maximum Gasteiger partial charge on any atom is 0.164 e. The highest BCUT2D eigenvalue weighted by molar-refractivity contribution is 6.12. The molecule has 0 spiro atoms. The lowest BCUT2D eigenvalue weighted by Gasteiger charge is -2.12. The molecule has 0 saturated carbocycles. The molecule has 0 N–H and O–H groups in total. The zero-order valence-electron chi connectivity index (χ0n) is 57.3. The minimum atomic E-state index is 0.613. The Morgan fingerprint density at radius 3 is 0.774 bits per heavy atom. The van der Waals surface area contributed by atoms with E-state index in [2.05, 4.69) is 351 Å². The molecule has 0 fully saturated rings. The third-order valence-corrected chi connectivity index (χ3v) is 20.4. The number of pyridine rings is 1. The molecular formula is C96H62N10. The van der Waals surface area contributed by atoms with Gasteiger partial charge in [0.25, 0.3) is 0 Å². The molecule has 0 unspecified atom stereocenters. The van der Waals surface area contributed by atoms with Crippen molar-refractivity contribution in [3.63, 3.8) is 0 Å². The molecule has 0 aliphatic heterocycles. The van der Waals surface area contributed by atoms with Crippen LogP contribution >= 0.6 is 0 Å². The van der Waals surface area contributed by atoms with E-state index in [-0.39, 0.29) is 0 Å². The summed E-state index contributed by atoms with van der Waals surface area (Å²) in [4.78, 5) is 30.0. The fourth-order valence-corrected chi connectivity index (χ4v) is 15.5. The molecule has 7 heterocycles. The van der Waals surface area contributed by atoms with Gasteiger partial charge in [0.1, 0.15) is 0 Å². The average molecular weight is 1360 g/mol. The quantitative estimate of drug-likeness (QED) is 0.128. The molecular weight excluding hydrogens is 1290 g/mol. The Morgan fingerprint density at radius 2 is 0.434 bits per heavy atom. The Kier molecular flexibility index (Phi) is 15.0. The lowest BCUT2D eigenvalue weighted by atomic mass is 10.0. The van der Waals surface area contributed by atoms with Crippen molar-refractivity contribution in [1.29, 1.82) is 0 Å². The highest BCUT2D eigenvalue weighted by Gasteiger charge is 2.20. The maximum absolute atomic E-state index is 5.17. The summed E-state index contributed by atoms with van der Waals surface area (Å²) in [5, 5.41) is 9.83. The predicted octanol–water partition coefficient (Wildman–Crippen LogP) is 23.8. The zero-order valence-corrected chi connectivity index (χ0v) is 57.3. The minimum Gasteiger partial charge on any atom is -0.309 e. The van der Waals surface area contributed by atoms with Crippen LogP contribution in [0.1, 0.15) is 0 Å². The number of fused-ring (bicyclic) bond motifs is 12. The molecule has 0 amide bonds. The van der Waals surface area contributed by atoms with Gasteiger partial charge < -0.3 is 18.3 Å². The molecule has 10 nitrogen and oxygen atoms in total. The molecule has 0 aliphatic rings. The number of hydrogen-bond donors (Lipinski definition) is 0. The van der Waals surface area contributed by atoms with Crippen LogP contribution < -0.4 is 0 Å². The Labute approximate surface area is 610 Å². The van der Waals surface area contributed by atoms with Crippen LogP contribution in [-0.2, 0) is 0 Å². The molecule has 21 aromatic rings. The van der Waals surface area contributed by atoms with Crippen molar-refractivity contribution in [2.24, 2.45) is 0 Å². The lowest BCUT2D eigenvalue weighted by molar-refractivity contribution is 1.07. The van der Waals surface area contributed by atoms with Gasteiger partial charge in [-0.2, -0.15) is 0 Å². The summed E-state index contributed by atoms with van der Waals surface area (Å²) in [6, 6.07) is 128. The molecule has 21 rings (SSSR count). The molecule has 14 aromatic carbocycles. The summed E-state index contributed by atoms with van der Waals surface area (Å²) in [7, 11) is 0. The van der Waals surface area contributed by atoms with E-state index in [9.17, 15) is 0 Å². The predicted molar refractivity (Wildman–Crippen MR) is 435 cm³/mol. The SMILES string of the molecule is c1ccc(-c2cc(-c3ccccc3)nc(-c3cccc(-c4ccc(-n5c6ccccc6c6ccncc65)cc4)c3)n2)cc1.c1ccc2c(c1)c1ccccc1n2-c1ccc(-c2nc(-c3ccc(-n4c5ccccc5c5ccccc54)cc3)nc(-c3ccc(-n4c5ccccc5c5ccccc54)cc3)n2)cc1. The third-order valence-electron chi connectivity index (χ3n) is 20.4. The lowest BCUT2D eigenvalue weighted by Crippen LogP contribution is -2.01. The molecule has 10 heteroatoms. The van der Waals surface area contributed by atoms with Crippen LogP contribution in [0.2, 0.25) is 0 Å². The average Bonchev–Trinajstić information content (AvgIpc) is 1.63. The second-order valence-corrected chi connectivity index (χ2v) is 26.6. The van der Waals surface area contributed by atoms with Gasteiger partial charge in [-0.15, -0.1) is 0 Å². The topological polar surface area (TPSA) is 97.1 Å². The summed E-state index contributed by atoms with van der Waals surface area (Å²) in [6.45, 7) is 0. The highest BCUT2D eigenvalue weighted by atomic mass is 15.0. The number of benzene rings is 14. The van der Waals surface area contributed by atoms with Gasteiger partial charge in [-0.25, -0.2) is 24.9 Å². The van der Waals surface area contributed by atoms with E-state index in [1.807, 2.05) is 48.8 Å². The van der Waals surface area contributed by atoms with Crippen molar-refractivity contribution in [3.05, 3.63) is 376 Å². The van der Waals surface area contributed by atoms with Crippen molar-refractivity contribution in [2.45, 2.75) is 0 Å². The summed E-state index contributed by atoms with van der Waals surface area (Å²) in [5.41, 5.74) is 23.5. The number of hydrogen-bond acceptors (Lipinski definition) is 6. The van der Waals surface area contributed by atoms with E-state index in [1.54, 1.807) is 0 Å². The first-order chi connectivity index (χ1) is 52.6. The van der Waals surface area contributed by atoms with Gasteiger partial charge in [0.15, 0.2) is 23.3 Å². The van der Waals surface area contributed by atoms with Gasteiger partial charge in [0.2, 0.25) is 0 Å². The molecule has 0 bridgehead atoms. The highest BCUT2D eigenvalue weighted by Crippen LogP contribution is 2.39. The molecule has 0 radical (unpaired) electrons. The maximum atomic E-state index is 5.17. The first kappa shape index (κ1) is 61.4. The minimum absolute atomic E-state index is 0.613. The van der Waals surface area contributed by atoms with E-state index >= 15 is 0 Å². The van der Waals surface area contributed by atoms with Crippen molar-refractivity contribution >= 4 is 87.2 Å². The number of aromatic nitrogens is 10. The second-order valence-electron chi connectivity index (χ2n) is 26.6. The zero-order chi connectivity index (χ0) is 70.0. The van der Waals surface area contributed by atoms with Crippen LogP contribution in [0, 0.1) is 0 Å². The molecule has 0 aliphatic carbocycles. The van der Waals surface area contributed by atoms with Gasteiger partial charge in [-0.3, -0.25) is 4.98 Å². The van der Waals surface area contributed by atoms with Crippen LogP contribution in [0.5, 0.6) is 0 Å². The Hall–Kier alpha value is -14.5. The first-order valence-corrected chi connectivity index (χ1v) is 35.6. The smallest absolute Gasteiger partial charge is 0.164 e. The molecule has 106 heavy (non-hydrogen) atoms. The van der Waals surface area contributed by atoms with Crippen molar-refractivity contribution in [3.8, 4) is 102 Å². The van der Waals surface area contributed by atoms with E-state index in [1.165, 1.54) is 81.7 Å². The van der Waals surface area contributed by atoms with E-state index in [0.29, 0.717) is 23.3 Å². The van der Waals surface area contributed by atoms with Crippen LogP contribution in [-0.4, -0.2) is 48.2 Å². The molecule has 496 valence electrons. The molecule has 7 aromatic heterocycles. The van der Waals surface area contributed by atoms with E-state index in [4.69, 9.17) is 24.9 Å². The van der Waals surface area contributed by atoms with Gasteiger partial charge in [-0.05, 0) is 157 Å². The molecule has 0 atom stereocenters.